The van der Waals surface area contributed by atoms with Crippen LogP contribution < -0.4 is 24.8 Å². The van der Waals surface area contributed by atoms with Gasteiger partial charge in [0, 0.05) is 0 Å². The fourth-order valence-corrected chi connectivity index (χ4v) is 4.00. The van der Waals surface area contributed by atoms with Gasteiger partial charge in [0.05, 0.1) is 0 Å². The second-order valence-corrected chi connectivity index (χ2v) is 8.66. The van der Waals surface area contributed by atoms with Crippen molar-refractivity contribution >= 4 is 30.3 Å². The molecular formula is C26H21Cl2Zr-. The molecule has 0 aliphatic heterocycles. The first-order valence-corrected chi connectivity index (χ1v) is 10.5. The van der Waals surface area contributed by atoms with Crippen molar-refractivity contribution in [2.24, 2.45) is 0 Å². The van der Waals surface area contributed by atoms with E-state index in [1.54, 1.807) is 0 Å². The molecule has 0 unspecified atom stereocenters. The first kappa shape index (κ1) is 23.6. The SMILES string of the molecule is C1=CCC(c2cccc3c2[cH-]c2ccccc23)=C1.C[C](=[Zr+2])c1ccccc1.[Cl-].[Cl-]. The van der Waals surface area contributed by atoms with Crippen LogP contribution in [0.5, 0.6) is 0 Å². The van der Waals surface area contributed by atoms with Crippen molar-refractivity contribution in [3.63, 3.8) is 0 Å². The number of benzene rings is 3. The van der Waals surface area contributed by atoms with Crippen molar-refractivity contribution in [2.75, 3.05) is 0 Å². The van der Waals surface area contributed by atoms with E-state index in [1.807, 2.05) is 6.07 Å². The van der Waals surface area contributed by atoms with Gasteiger partial charge in [-0.25, -0.2) is 0 Å². The summed E-state index contributed by atoms with van der Waals surface area (Å²) in [6, 6.07) is 28.1. The van der Waals surface area contributed by atoms with E-state index < -0.39 is 0 Å². The number of fused-ring (bicyclic) bond motifs is 3. The van der Waals surface area contributed by atoms with E-state index in [9.17, 15) is 0 Å². The Kier molecular flexibility index (Phi) is 8.90. The van der Waals surface area contributed by atoms with Crippen LogP contribution in [0.15, 0.2) is 97.1 Å². The molecule has 0 saturated carbocycles. The molecule has 0 saturated heterocycles. The predicted octanol–water partition coefficient (Wildman–Crippen LogP) is 0.837. The van der Waals surface area contributed by atoms with E-state index >= 15 is 0 Å². The van der Waals surface area contributed by atoms with E-state index in [0.29, 0.717) is 0 Å². The van der Waals surface area contributed by atoms with Crippen LogP contribution in [0.2, 0.25) is 0 Å². The first-order valence-electron chi connectivity index (χ1n) is 9.28. The summed E-state index contributed by atoms with van der Waals surface area (Å²) in [5.74, 6) is 0. The summed E-state index contributed by atoms with van der Waals surface area (Å²) >= 11 is 1.51. The van der Waals surface area contributed by atoms with Crippen LogP contribution in [0.25, 0.3) is 27.1 Å². The van der Waals surface area contributed by atoms with Gasteiger partial charge in [0.15, 0.2) is 0 Å². The van der Waals surface area contributed by atoms with E-state index in [4.69, 9.17) is 0 Å². The molecule has 144 valence electrons. The summed E-state index contributed by atoms with van der Waals surface area (Å²) in [5, 5.41) is 5.46. The monoisotopic (exact) mass is 493 g/mol. The minimum absolute atomic E-state index is 0. The van der Waals surface area contributed by atoms with E-state index in [2.05, 4.69) is 97.9 Å². The number of rotatable bonds is 2. The van der Waals surface area contributed by atoms with Crippen LogP contribution >= 0.6 is 0 Å². The van der Waals surface area contributed by atoms with Crippen LogP contribution in [0.4, 0.5) is 0 Å². The molecule has 0 heterocycles. The maximum Gasteiger partial charge on any atom is -1.00 e. The van der Waals surface area contributed by atoms with Gasteiger partial charge in [0.25, 0.3) is 0 Å². The zero-order valence-corrected chi connectivity index (χ0v) is 20.2. The minimum Gasteiger partial charge on any atom is -1.00 e. The van der Waals surface area contributed by atoms with Crippen LogP contribution in [-0.2, 0) is 24.2 Å². The molecule has 0 nitrogen and oxygen atoms in total. The van der Waals surface area contributed by atoms with Gasteiger partial charge in [0.2, 0.25) is 0 Å². The molecular weight excluding hydrogens is 474 g/mol. The molecule has 29 heavy (non-hydrogen) atoms. The molecule has 3 heteroatoms. The van der Waals surface area contributed by atoms with Crippen molar-refractivity contribution in [3.05, 3.63) is 108 Å². The normalized spacial score (nSPS) is 11.9. The molecule has 1 aliphatic rings. The fourth-order valence-electron chi connectivity index (χ4n) is 3.59. The number of hydrogen-bond acceptors (Lipinski definition) is 0. The smallest absolute Gasteiger partial charge is 1.00 e. The van der Waals surface area contributed by atoms with Gasteiger partial charge in [-0.15, -0.1) is 33.7 Å². The van der Waals surface area contributed by atoms with Gasteiger partial charge < -0.3 is 24.8 Å². The molecule has 4 aromatic carbocycles. The Balaban J connectivity index is 0.000000236. The van der Waals surface area contributed by atoms with Crippen molar-refractivity contribution in [2.45, 2.75) is 13.3 Å². The number of halogens is 2. The third-order valence-electron chi connectivity index (χ3n) is 4.98. The molecule has 0 amide bonds. The predicted molar refractivity (Wildman–Crippen MR) is 115 cm³/mol. The summed E-state index contributed by atoms with van der Waals surface area (Å²) in [6.07, 6.45) is 7.65. The van der Waals surface area contributed by atoms with E-state index in [-0.39, 0.29) is 24.8 Å². The van der Waals surface area contributed by atoms with E-state index in [0.717, 1.165) is 6.42 Å². The number of hydrogen-bond donors (Lipinski definition) is 0. The van der Waals surface area contributed by atoms with Crippen LogP contribution in [0.1, 0.15) is 24.5 Å². The Morgan fingerprint density at radius 3 is 2.17 bits per heavy atom. The topological polar surface area (TPSA) is 0 Å². The summed E-state index contributed by atoms with van der Waals surface area (Å²) in [7, 11) is 0. The van der Waals surface area contributed by atoms with E-state index in [1.165, 1.54) is 65.7 Å². The third kappa shape index (κ3) is 5.29. The molecule has 0 N–H and O–H groups in total. The quantitative estimate of drug-likeness (QED) is 0.362. The molecule has 4 aromatic rings. The number of allylic oxidation sites excluding steroid dienone is 4. The van der Waals surface area contributed by atoms with Crippen LogP contribution in [0, 0.1) is 0 Å². The Morgan fingerprint density at radius 1 is 0.828 bits per heavy atom. The Morgan fingerprint density at radius 2 is 1.52 bits per heavy atom. The van der Waals surface area contributed by atoms with Crippen molar-refractivity contribution in [3.8, 4) is 0 Å². The average Bonchev–Trinajstić information content (AvgIpc) is 3.37. The molecule has 0 bridgehead atoms. The maximum absolute atomic E-state index is 2.32. The maximum atomic E-state index is 2.32. The Bertz CT molecular complexity index is 1170. The average molecular weight is 496 g/mol. The van der Waals surface area contributed by atoms with Crippen molar-refractivity contribution in [1.29, 1.82) is 0 Å². The summed E-state index contributed by atoms with van der Waals surface area (Å²) < 4.78 is 1.46. The first-order chi connectivity index (χ1) is 13.2. The molecule has 0 radical (unpaired) electrons. The van der Waals surface area contributed by atoms with Gasteiger partial charge in [-0.05, 0) is 6.42 Å². The minimum atomic E-state index is 0. The molecule has 0 fully saturated rings. The molecule has 1 aliphatic carbocycles. The second-order valence-electron chi connectivity index (χ2n) is 6.81. The third-order valence-corrected chi connectivity index (χ3v) is 5.69. The standard InChI is InChI=1S/C18H13.C8H8.2ClH.Zr/c1-2-7-13(6-1)15-10-5-11-17-16-9-4-3-8-14(16)12-18(15)17;1-2-8-6-4-3-5-7-8;;;/h1-6,8-12H,7H2;3-7H,1H3;2*1H;/q-1;;;;+2/p-2. The van der Waals surface area contributed by atoms with Gasteiger partial charge in [-0.3, -0.25) is 0 Å². The second kappa shape index (κ2) is 10.9. The van der Waals surface area contributed by atoms with Crippen molar-refractivity contribution in [1.82, 2.24) is 0 Å². The Labute approximate surface area is 199 Å². The van der Waals surface area contributed by atoms with Gasteiger partial charge in [-0.2, -0.15) is 0 Å². The van der Waals surface area contributed by atoms with Crippen LogP contribution in [-0.4, -0.2) is 3.21 Å². The van der Waals surface area contributed by atoms with Gasteiger partial charge >= 0.3 is 70.3 Å². The Hall–Kier alpha value is -1.66. The zero-order chi connectivity index (χ0) is 18.6. The molecule has 5 rings (SSSR count). The summed E-state index contributed by atoms with van der Waals surface area (Å²) in [5.41, 5.74) is 4.18. The van der Waals surface area contributed by atoms with Crippen LogP contribution in [0.3, 0.4) is 0 Å². The summed E-state index contributed by atoms with van der Waals surface area (Å²) in [6.45, 7) is 2.16. The molecule has 0 spiro atoms. The zero-order valence-electron chi connectivity index (χ0n) is 16.2. The molecule has 0 atom stereocenters. The molecule has 0 aromatic heterocycles. The summed E-state index contributed by atoms with van der Waals surface area (Å²) in [4.78, 5) is 0. The van der Waals surface area contributed by atoms with Crippen molar-refractivity contribution < 1.29 is 49.0 Å². The largest absolute Gasteiger partial charge is 1.00 e. The van der Waals surface area contributed by atoms with Gasteiger partial charge in [0.1, 0.15) is 0 Å². The van der Waals surface area contributed by atoms with Gasteiger partial charge in [-0.1, -0.05) is 65.8 Å². The fraction of sp³-hybridized carbons (Fsp3) is 0.0769.